The van der Waals surface area contributed by atoms with E-state index >= 15 is 0 Å². The molecule has 0 unspecified atom stereocenters. The number of carboxylic acids is 1. The van der Waals surface area contributed by atoms with E-state index < -0.39 is 17.9 Å². The van der Waals surface area contributed by atoms with Crippen LogP contribution in [0, 0.1) is 5.92 Å². The van der Waals surface area contributed by atoms with Gasteiger partial charge in [-0.2, -0.15) is 11.8 Å². The van der Waals surface area contributed by atoms with Crippen molar-refractivity contribution >= 4 is 23.6 Å². The lowest BCUT2D eigenvalue weighted by Gasteiger charge is -2.32. The Kier molecular flexibility index (Phi) is 5.77. The van der Waals surface area contributed by atoms with E-state index in [4.69, 9.17) is 10.8 Å². The van der Waals surface area contributed by atoms with Gasteiger partial charge in [0.15, 0.2) is 0 Å². The minimum Gasteiger partial charge on any atom is -0.481 e. The quantitative estimate of drug-likeness (QED) is 0.747. The molecule has 1 heterocycles. The number of hydrogen-bond donors (Lipinski definition) is 2. The number of hydrogen-bond acceptors (Lipinski definition) is 4. The number of nitrogens with two attached hydrogens (primary N) is 1. The second-order valence-corrected chi connectivity index (χ2v) is 5.34. The Hall–Kier alpha value is -0.750. The summed E-state index contributed by atoms with van der Waals surface area (Å²) >= 11 is 1.65. The zero-order valence-corrected chi connectivity index (χ0v) is 10.9. The molecular formula is C11H20N2O3S. The lowest BCUT2D eigenvalue weighted by molar-refractivity contribution is -0.146. The standard InChI is InChI=1S/C11H20N2O3S/c1-17-6-4-9(12)10(14)13-5-2-3-8(7-13)11(15)16/h8-9H,2-7,12H2,1H3,(H,15,16)/t8-,9-/m0/s1. The van der Waals surface area contributed by atoms with Crippen LogP contribution in [0.15, 0.2) is 0 Å². The van der Waals surface area contributed by atoms with Gasteiger partial charge in [0.1, 0.15) is 0 Å². The van der Waals surface area contributed by atoms with Gasteiger partial charge in [0.05, 0.1) is 12.0 Å². The molecule has 1 saturated heterocycles. The van der Waals surface area contributed by atoms with Crippen LogP contribution in [0.1, 0.15) is 19.3 Å². The molecule has 0 radical (unpaired) electrons. The van der Waals surface area contributed by atoms with Crippen molar-refractivity contribution < 1.29 is 14.7 Å². The van der Waals surface area contributed by atoms with E-state index in [1.165, 1.54) is 0 Å². The Morgan fingerprint density at radius 1 is 1.59 bits per heavy atom. The van der Waals surface area contributed by atoms with Gasteiger partial charge < -0.3 is 15.7 Å². The van der Waals surface area contributed by atoms with Crippen LogP contribution < -0.4 is 5.73 Å². The molecule has 0 aliphatic carbocycles. The summed E-state index contributed by atoms with van der Waals surface area (Å²) in [5.41, 5.74) is 5.80. The SMILES string of the molecule is CSCC[C@H](N)C(=O)N1CCC[C@H](C(=O)O)C1. The molecule has 2 atom stereocenters. The first-order valence-corrected chi connectivity index (χ1v) is 7.21. The summed E-state index contributed by atoms with van der Waals surface area (Å²) in [6.07, 6.45) is 4.02. The summed E-state index contributed by atoms with van der Waals surface area (Å²) in [6, 6.07) is -0.491. The predicted octanol–water partition coefficient (Wildman–Crippen LogP) is 0.390. The Balaban J connectivity index is 2.48. The number of rotatable bonds is 5. The molecule has 0 saturated carbocycles. The van der Waals surface area contributed by atoms with Crippen molar-refractivity contribution in [2.45, 2.75) is 25.3 Å². The summed E-state index contributed by atoms with van der Waals surface area (Å²) in [5.74, 6) is -0.506. The van der Waals surface area contributed by atoms with Crippen LogP contribution in [0.2, 0.25) is 0 Å². The first-order valence-electron chi connectivity index (χ1n) is 5.82. The van der Waals surface area contributed by atoms with Crippen molar-refractivity contribution in [3.63, 3.8) is 0 Å². The predicted molar refractivity (Wildman–Crippen MR) is 67.9 cm³/mol. The summed E-state index contributed by atoms with van der Waals surface area (Å²) < 4.78 is 0. The smallest absolute Gasteiger partial charge is 0.308 e. The zero-order valence-electron chi connectivity index (χ0n) is 10.1. The molecule has 1 rings (SSSR count). The molecule has 1 fully saturated rings. The van der Waals surface area contributed by atoms with Crippen LogP contribution in [0.3, 0.4) is 0 Å². The van der Waals surface area contributed by atoms with Gasteiger partial charge >= 0.3 is 5.97 Å². The molecule has 0 bridgehead atoms. The third kappa shape index (κ3) is 4.20. The number of thioether (sulfide) groups is 1. The molecule has 5 nitrogen and oxygen atoms in total. The van der Waals surface area contributed by atoms with E-state index in [2.05, 4.69) is 0 Å². The van der Waals surface area contributed by atoms with Gasteiger partial charge in [-0.1, -0.05) is 0 Å². The molecule has 0 spiro atoms. The van der Waals surface area contributed by atoms with Crippen LogP contribution in [0.4, 0.5) is 0 Å². The Labute approximate surface area is 106 Å². The molecular weight excluding hydrogens is 240 g/mol. The summed E-state index contributed by atoms with van der Waals surface area (Å²) in [7, 11) is 0. The molecule has 1 amide bonds. The number of piperidine rings is 1. The van der Waals surface area contributed by atoms with Crippen LogP contribution in [0.5, 0.6) is 0 Å². The van der Waals surface area contributed by atoms with E-state index in [9.17, 15) is 9.59 Å². The van der Waals surface area contributed by atoms with E-state index in [0.717, 1.165) is 12.2 Å². The van der Waals surface area contributed by atoms with Crippen molar-refractivity contribution in [3.05, 3.63) is 0 Å². The average Bonchev–Trinajstić information content (AvgIpc) is 2.35. The lowest BCUT2D eigenvalue weighted by atomic mass is 9.97. The number of nitrogens with zero attached hydrogens (tertiary/aromatic N) is 1. The van der Waals surface area contributed by atoms with Crippen LogP contribution in [0.25, 0.3) is 0 Å². The maximum Gasteiger partial charge on any atom is 0.308 e. The van der Waals surface area contributed by atoms with E-state index in [0.29, 0.717) is 25.9 Å². The molecule has 3 N–H and O–H groups in total. The number of amides is 1. The Morgan fingerprint density at radius 2 is 2.29 bits per heavy atom. The fourth-order valence-electron chi connectivity index (χ4n) is 1.98. The first kappa shape index (κ1) is 14.3. The highest BCUT2D eigenvalue weighted by atomic mass is 32.2. The number of carbonyl (C=O) groups is 2. The molecule has 6 heteroatoms. The minimum atomic E-state index is -0.819. The lowest BCUT2D eigenvalue weighted by Crippen LogP contribution is -2.49. The second kappa shape index (κ2) is 6.86. The van der Waals surface area contributed by atoms with Gasteiger partial charge in [-0.3, -0.25) is 9.59 Å². The molecule has 0 aromatic rings. The van der Waals surface area contributed by atoms with Gasteiger partial charge in [0, 0.05) is 13.1 Å². The largest absolute Gasteiger partial charge is 0.481 e. The molecule has 98 valence electrons. The average molecular weight is 260 g/mol. The minimum absolute atomic E-state index is 0.106. The topological polar surface area (TPSA) is 83.6 Å². The third-order valence-corrected chi connectivity index (χ3v) is 3.68. The fraction of sp³-hybridized carbons (Fsp3) is 0.818. The van der Waals surface area contributed by atoms with Crippen LogP contribution in [-0.2, 0) is 9.59 Å². The summed E-state index contributed by atoms with van der Waals surface area (Å²) in [4.78, 5) is 24.5. The van der Waals surface area contributed by atoms with E-state index in [-0.39, 0.29) is 5.91 Å². The van der Waals surface area contributed by atoms with E-state index in [1.54, 1.807) is 16.7 Å². The number of aliphatic carboxylic acids is 1. The van der Waals surface area contributed by atoms with Crippen molar-refractivity contribution in [3.8, 4) is 0 Å². The van der Waals surface area contributed by atoms with E-state index in [1.807, 2.05) is 6.26 Å². The molecule has 1 aliphatic heterocycles. The summed E-state index contributed by atoms with van der Waals surface area (Å²) in [5, 5.41) is 8.95. The first-order chi connectivity index (χ1) is 8.06. The molecule has 17 heavy (non-hydrogen) atoms. The monoisotopic (exact) mass is 260 g/mol. The fourth-order valence-corrected chi connectivity index (χ4v) is 2.47. The van der Waals surface area contributed by atoms with Gasteiger partial charge in [0.2, 0.25) is 5.91 Å². The van der Waals surface area contributed by atoms with Crippen molar-refractivity contribution in [1.82, 2.24) is 4.90 Å². The number of carboxylic acid groups (broad SMARTS) is 1. The number of carbonyl (C=O) groups excluding carboxylic acids is 1. The van der Waals surface area contributed by atoms with Crippen LogP contribution >= 0.6 is 11.8 Å². The van der Waals surface area contributed by atoms with Gasteiger partial charge in [0.25, 0.3) is 0 Å². The van der Waals surface area contributed by atoms with Gasteiger partial charge in [-0.05, 0) is 31.3 Å². The highest BCUT2D eigenvalue weighted by molar-refractivity contribution is 7.98. The van der Waals surface area contributed by atoms with Gasteiger partial charge in [-0.25, -0.2) is 0 Å². The normalized spacial score (nSPS) is 22.2. The Morgan fingerprint density at radius 3 is 2.88 bits per heavy atom. The zero-order chi connectivity index (χ0) is 12.8. The molecule has 1 aliphatic rings. The van der Waals surface area contributed by atoms with Crippen molar-refractivity contribution in [2.24, 2.45) is 11.7 Å². The Bertz CT molecular complexity index is 286. The van der Waals surface area contributed by atoms with Crippen molar-refractivity contribution in [1.29, 1.82) is 0 Å². The van der Waals surface area contributed by atoms with Crippen molar-refractivity contribution in [2.75, 3.05) is 25.1 Å². The highest BCUT2D eigenvalue weighted by Crippen LogP contribution is 2.17. The number of likely N-dealkylation sites (tertiary alicyclic amines) is 1. The second-order valence-electron chi connectivity index (χ2n) is 4.35. The third-order valence-electron chi connectivity index (χ3n) is 3.03. The highest BCUT2D eigenvalue weighted by Gasteiger charge is 2.30. The van der Waals surface area contributed by atoms with Crippen LogP contribution in [-0.4, -0.2) is 53.0 Å². The van der Waals surface area contributed by atoms with Gasteiger partial charge in [-0.15, -0.1) is 0 Å². The maximum absolute atomic E-state index is 12.0. The summed E-state index contributed by atoms with van der Waals surface area (Å²) in [6.45, 7) is 0.941. The molecule has 0 aromatic heterocycles. The maximum atomic E-state index is 12.0. The molecule has 0 aromatic carbocycles.